The fourth-order valence-electron chi connectivity index (χ4n) is 2.03. The predicted octanol–water partition coefficient (Wildman–Crippen LogP) is 3.08. The number of aryl methyl sites for hydroxylation is 1. The molecule has 17 heavy (non-hydrogen) atoms. The average molecular weight is 237 g/mol. The summed E-state index contributed by atoms with van der Waals surface area (Å²) in [5, 5.41) is 7.86. The lowest BCUT2D eigenvalue weighted by Gasteiger charge is -2.20. The van der Waals surface area contributed by atoms with E-state index in [-0.39, 0.29) is 0 Å². The van der Waals surface area contributed by atoms with Crippen LogP contribution in [-0.2, 0) is 6.54 Å². The van der Waals surface area contributed by atoms with Crippen molar-refractivity contribution in [2.45, 2.75) is 59.0 Å². The summed E-state index contributed by atoms with van der Waals surface area (Å²) in [5.41, 5.74) is 0. The quantitative estimate of drug-likeness (QED) is 0.669. The van der Waals surface area contributed by atoms with E-state index in [1.165, 1.54) is 19.3 Å². The Labute approximate surface area is 106 Å². The van der Waals surface area contributed by atoms with E-state index in [0.717, 1.165) is 25.4 Å². The number of nitrogens with one attached hydrogen (secondary N) is 1. The van der Waals surface area contributed by atoms with E-state index in [1.807, 2.05) is 23.1 Å². The van der Waals surface area contributed by atoms with E-state index in [9.17, 15) is 0 Å². The highest BCUT2D eigenvalue weighted by Crippen LogP contribution is 2.11. The van der Waals surface area contributed by atoms with Crippen LogP contribution in [0.1, 0.15) is 46.5 Å². The highest BCUT2D eigenvalue weighted by Gasteiger charge is 2.09. The van der Waals surface area contributed by atoms with Crippen LogP contribution in [0.2, 0.25) is 0 Å². The Hall–Kier alpha value is -0.830. The number of hydrogen-bond donors (Lipinski definition) is 1. The van der Waals surface area contributed by atoms with Gasteiger partial charge in [0, 0.05) is 25.0 Å². The number of rotatable bonds is 9. The van der Waals surface area contributed by atoms with Gasteiger partial charge in [0.05, 0.1) is 0 Å². The molecule has 0 aliphatic rings. The van der Waals surface area contributed by atoms with Gasteiger partial charge in [0.15, 0.2) is 0 Å². The van der Waals surface area contributed by atoms with Crippen molar-refractivity contribution >= 4 is 0 Å². The van der Waals surface area contributed by atoms with Crippen LogP contribution in [0.4, 0.5) is 0 Å². The summed E-state index contributed by atoms with van der Waals surface area (Å²) in [5.74, 6) is 0.832. The average Bonchev–Trinajstić information content (AvgIpc) is 2.85. The maximum Gasteiger partial charge on any atom is 0.0489 e. The zero-order valence-corrected chi connectivity index (χ0v) is 11.5. The molecule has 98 valence electrons. The van der Waals surface area contributed by atoms with E-state index in [2.05, 4.69) is 31.2 Å². The maximum absolute atomic E-state index is 4.20. The molecule has 1 aromatic heterocycles. The minimum absolute atomic E-state index is 0.683. The second kappa shape index (κ2) is 8.29. The van der Waals surface area contributed by atoms with Gasteiger partial charge in [-0.3, -0.25) is 4.68 Å². The smallest absolute Gasteiger partial charge is 0.0489 e. The Morgan fingerprint density at radius 2 is 2.12 bits per heavy atom. The number of aromatic nitrogens is 2. The first-order chi connectivity index (χ1) is 8.26. The molecule has 1 aromatic rings. The minimum Gasteiger partial charge on any atom is -0.314 e. The van der Waals surface area contributed by atoms with Crippen LogP contribution in [0.5, 0.6) is 0 Å². The first kappa shape index (κ1) is 14.2. The van der Waals surface area contributed by atoms with Gasteiger partial charge in [-0.05, 0) is 37.8 Å². The van der Waals surface area contributed by atoms with Gasteiger partial charge in [-0.15, -0.1) is 0 Å². The predicted molar refractivity (Wildman–Crippen MR) is 73.0 cm³/mol. The lowest BCUT2D eigenvalue weighted by atomic mass is 9.98. The van der Waals surface area contributed by atoms with E-state index in [4.69, 9.17) is 0 Å². The van der Waals surface area contributed by atoms with Gasteiger partial charge < -0.3 is 5.32 Å². The SMILES string of the molecule is CCC(C)CC(CC)NCCCn1cccn1. The van der Waals surface area contributed by atoms with Crippen LogP contribution < -0.4 is 5.32 Å². The summed E-state index contributed by atoms with van der Waals surface area (Å²) in [6.07, 6.45) is 8.83. The number of nitrogens with zero attached hydrogens (tertiary/aromatic N) is 2. The highest BCUT2D eigenvalue weighted by molar-refractivity contribution is 4.77. The molecule has 0 fully saturated rings. The second-order valence-corrected chi connectivity index (χ2v) is 4.93. The van der Waals surface area contributed by atoms with Crippen molar-refractivity contribution in [3.05, 3.63) is 18.5 Å². The molecule has 0 aliphatic heterocycles. The van der Waals surface area contributed by atoms with Crippen molar-refractivity contribution in [1.82, 2.24) is 15.1 Å². The second-order valence-electron chi connectivity index (χ2n) is 4.93. The Morgan fingerprint density at radius 1 is 1.29 bits per heavy atom. The zero-order chi connectivity index (χ0) is 12.5. The molecule has 1 N–H and O–H groups in total. The first-order valence-corrected chi connectivity index (χ1v) is 6.97. The zero-order valence-electron chi connectivity index (χ0n) is 11.5. The molecule has 2 unspecified atom stereocenters. The Bertz CT molecular complexity index is 269. The van der Waals surface area contributed by atoms with Crippen molar-refractivity contribution in [3.63, 3.8) is 0 Å². The first-order valence-electron chi connectivity index (χ1n) is 6.97. The molecule has 0 amide bonds. The van der Waals surface area contributed by atoms with Crippen molar-refractivity contribution in [2.75, 3.05) is 6.54 Å². The third-order valence-electron chi connectivity index (χ3n) is 3.43. The lowest BCUT2D eigenvalue weighted by molar-refractivity contribution is 0.378. The molecule has 0 bridgehead atoms. The summed E-state index contributed by atoms with van der Waals surface area (Å²) < 4.78 is 2.00. The molecule has 2 atom stereocenters. The third-order valence-corrected chi connectivity index (χ3v) is 3.43. The molecule has 1 rings (SSSR count). The molecule has 3 heteroatoms. The van der Waals surface area contributed by atoms with Crippen molar-refractivity contribution in [3.8, 4) is 0 Å². The topological polar surface area (TPSA) is 29.9 Å². The molecule has 0 saturated heterocycles. The van der Waals surface area contributed by atoms with Gasteiger partial charge in [-0.2, -0.15) is 5.10 Å². The summed E-state index contributed by atoms with van der Waals surface area (Å²) in [4.78, 5) is 0. The molecule has 3 nitrogen and oxygen atoms in total. The van der Waals surface area contributed by atoms with Crippen LogP contribution in [0.25, 0.3) is 0 Å². The maximum atomic E-state index is 4.20. The van der Waals surface area contributed by atoms with Crippen molar-refractivity contribution in [2.24, 2.45) is 5.92 Å². The van der Waals surface area contributed by atoms with Gasteiger partial charge in [0.25, 0.3) is 0 Å². The van der Waals surface area contributed by atoms with Crippen molar-refractivity contribution < 1.29 is 0 Å². The molecule has 0 saturated carbocycles. The van der Waals surface area contributed by atoms with E-state index in [1.54, 1.807) is 0 Å². The molecule has 0 spiro atoms. The minimum atomic E-state index is 0.683. The Balaban J connectivity index is 2.11. The van der Waals surface area contributed by atoms with Crippen molar-refractivity contribution in [1.29, 1.82) is 0 Å². The standard InChI is InChI=1S/C14H27N3/c1-4-13(3)12-14(5-2)15-8-6-10-17-11-7-9-16-17/h7,9,11,13-15H,4-6,8,10,12H2,1-3H3. The summed E-state index contributed by atoms with van der Waals surface area (Å²) in [7, 11) is 0. The van der Waals surface area contributed by atoms with E-state index in [0.29, 0.717) is 6.04 Å². The Morgan fingerprint density at radius 3 is 2.71 bits per heavy atom. The molecule has 1 heterocycles. The van der Waals surface area contributed by atoms with Crippen LogP contribution in [0, 0.1) is 5.92 Å². The van der Waals surface area contributed by atoms with Crippen LogP contribution in [-0.4, -0.2) is 22.4 Å². The fraction of sp³-hybridized carbons (Fsp3) is 0.786. The van der Waals surface area contributed by atoms with Crippen LogP contribution in [0.3, 0.4) is 0 Å². The molecular weight excluding hydrogens is 210 g/mol. The normalized spacial score (nSPS) is 14.8. The fourth-order valence-corrected chi connectivity index (χ4v) is 2.03. The van der Waals surface area contributed by atoms with Crippen LogP contribution in [0.15, 0.2) is 18.5 Å². The summed E-state index contributed by atoms with van der Waals surface area (Å²) >= 11 is 0. The van der Waals surface area contributed by atoms with Gasteiger partial charge in [-0.25, -0.2) is 0 Å². The molecule has 0 radical (unpaired) electrons. The molecule has 0 aliphatic carbocycles. The van der Waals surface area contributed by atoms with Gasteiger partial charge in [0.2, 0.25) is 0 Å². The monoisotopic (exact) mass is 237 g/mol. The lowest BCUT2D eigenvalue weighted by Crippen LogP contribution is -2.31. The summed E-state index contributed by atoms with van der Waals surface area (Å²) in [6.45, 7) is 8.99. The summed E-state index contributed by atoms with van der Waals surface area (Å²) in [6, 6.07) is 2.66. The largest absolute Gasteiger partial charge is 0.314 e. The van der Waals surface area contributed by atoms with Gasteiger partial charge in [0.1, 0.15) is 0 Å². The highest BCUT2D eigenvalue weighted by atomic mass is 15.3. The van der Waals surface area contributed by atoms with Gasteiger partial charge in [-0.1, -0.05) is 27.2 Å². The van der Waals surface area contributed by atoms with E-state index < -0.39 is 0 Å². The molecular formula is C14H27N3. The van der Waals surface area contributed by atoms with Crippen LogP contribution >= 0.6 is 0 Å². The van der Waals surface area contributed by atoms with Gasteiger partial charge >= 0.3 is 0 Å². The molecule has 0 aromatic carbocycles. The Kier molecular flexibility index (Phi) is 6.94. The number of hydrogen-bond acceptors (Lipinski definition) is 2. The third kappa shape index (κ3) is 5.87. The van der Waals surface area contributed by atoms with E-state index >= 15 is 0 Å².